The quantitative estimate of drug-likeness (QED) is 0.204. The first-order valence-corrected chi connectivity index (χ1v) is 12.5. The molecule has 0 bridgehead atoms. The molecule has 0 aromatic heterocycles. The molecule has 0 saturated carbocycles. The largest absolute Gasteiger partial charge is 0.461 e. The molecule has 1 N–H and O–H groups in total. The van der Waals surface area contributed by atoms with Crippen molar-refractivity contribution in [2.45, 2.75) is 31.4 Å². The van der Waals surface area contributed by atoms with Crippen LogP contribution in [0, 0.1) is 0 Å². The third kappa shape index (κ3) is 5.93. The minimum atomic E-state index is -0.462. The number of hydrogen-bond acceptors (Lipinski definition) is 4. The normalized spacial score (nSPS) is 13.0. The zero-order valence-corrected chi connectivity index (χ0v) is 20.4. The number of hydrogen-bond donors (Lipinski definition) is 1. The minimum Gasteiger partial charge on any atom is -0.461 e. The molecule has 5 nitrogen and oxygen atoms in total. The predicted octanol–water partition coefficient (Wildman–Crippen LogP) is 5.85. The molecule has 0 unspecified atom stereocenters. The maximum atomic E-state index is 12.5. The van der Waals surface area contributed by atoms with E-state index in [9.17, 15) is 9.59 Å². The van der Waals surface area contributed by atoms with Crippen molar-refractivity contribution in [2.75, 3.05) is 11.0 Å². The molecule has 1 atom stereocenters. The first kappa shape index (κ1) is 23.3. The molecule has 1 aliphatic carbocycles. The van der Waals surface area contributed by atoms with E-state index >= 15 is 0 Å². The summed E-state index contributed by atoms with van der Waals surface area (Å²) < 4.78 is 11.6. The lowest BCUT2D eigenvalue weighted by molar-refractivity contribution is -0.145. The first-order chi connectivity index (χ1) is 16.2. The van der Waals surface area contributed by atoms with Gasteiger partial charge in [-0.2, -0.15) is 0 Å². The molecule has 1 amide bonds. The summed E-state index contributed by atoms with van der Waals surface area (Å²) in [6.07, 6.45) is 0.279. The molecule has 0 heterocycles. The molecular weight excluding hydrogens is 529 g/mol. The van der Waals surface area contributed by atoms with Crippen LogP contribution in [0.25, 0.3) is 11.1 Å². The number of alkyl carbamates (subject to hydrolysis) is 1. The number of alkyl halides is 1. The van der Waals surface area contributed by atoms with Crippen LogP contribution in [-0.4, -0.2) is 29.1 Å². The van der Waals surface area contributed by atoms with E-state index in [4.69, 9.17) is 9.47 Å². The smallest absolute Gasteiger partial charge is 0.407 e. The molecule has 0 aliphatic heterocycles. The number of esters is 1. The van der Waals surface area contributed by atoms with Crippen LogP contribution in [0.3, 0.4) is 0 Å². The van der Waals surface area contributed by atoms with Gasteiger partial charge in [-0.3, -0.25) is 4.79 Å². The highest BCUT2D eigenvalue weighted by Crippen LogP contribution is 2.44. The highest BCUT2D eigenvalue weighted by Gasteiger charge is 2.29. The van der Waals surface area contributed by atoms with Gasteiger partial charge < -0.3 is 14.8 Å². The standard InChI is InChI=1S/C27H26INO4/c28-16-20(14-15-26(30)32-17-19-8-2-1-3-9-19)29-27(31)33-18-25-23-12-6-4-10-21(23)22-11-5-7-13-24(22)25/h1-13,20,25H,14-18H2,(H,29,31)/t20-/m0/s1. The second-order valence-corrected chi connectivity index (χ2v) is 8.89. The van der Waals surface area contributed by atoms with Gasteiger partial charge in [-0.15, -0.1) is 0 Å². The number of halogens is 1. The molecule has 6 heteroatoms. The minimum absolute atomic E-state index is 0.0224. The van der Waals surface area contributed by atoms with Crippen molar-refractivity contribution in [1.29, 1.82) is 0 Å². The van der Waals surface area contributed by atoms with Crippen LogP contribution in [0.4, 0.5) is 4.79 Å². The lowest BCUT2D eigenvalue weighted by Crippen LogP contribution is -2.37. The van der Waals surface area contributed by atoms with Crippen molar-refractivity contribution in [3.05, 3.63) is 95.6 Å². The van der Waals surface area contributed by atoms with Crippen molar-refractivity contribution in [2.24, 2.45) is 0 Å². The summed E-state index contributed by atoms with van der Waals surface area (Å²) >= 11 is 2.21. The van der Waals surface area contributed by atoms with Crippen molar-refractivity contribution in [1.82, 2.24) is 5.32 Å². The number of carbonyl (C=O) groups is 2. The Morgan fingerprint density at radius 1 is 0.848 bits per heavy atom. The zero-order valence-electron chi connectivity index (χ0n) is 18.2. The number of benzene rings is 3. The fourth-order valence-corrected chi connectivity index (χ4v) is 4.76. The van der Waals surface area contributed by atoms with E-state index < -0.39 is 6.09 Å². The Labute approximate surface area is 207 Å². The van der Waals surface area contributed by atoms with Gasteiger partial charge in [-0.1, -0.05) is 101 Å². The molecule has 4 rings (SSSR count). The molecule has 0 spiro atoms. The van der Waals surface area contributed by atoms with Crippen LogP contribution in [0.1, 0.15) is 35.4 Å². The monoisotopic (exact) mass is 555 g/mol. The molecule has 0 saturated heterocycles. The number of carbonyl (C=O) groups excluding carboxylic acids is 2. The number of fused-ring (bicyclic) bond motifs is 3. The van der Waals surface area contributed by atoms with E-state index in [2.05, 4.69) is 52.2 Å². The third-order valence-electron chi connectivity index (χ3n) is 5.79. The van der Waals surface area contributed by atoms with Crippen molar-refractivity contribution >= 4 is 34.7 Å². The average Bonchev–Trinajstić information content (AvgIpc) is 3.18. The summed E-state index contributed by atoms with van der Waals surface area (Å²) in [6.45, 7) is 0.529. The van der Waals surface area contributed by atoms with Gasteiger partial charge in [0.1, 0.15) is 13.2 Å². The van der Waals surface area contributed by atoms with Gasteiger partial charge >= 0.3 is 12.1 Å². The number of ether oxygens (including phenoxy) is 2. The number of rotatable bonds is 9. The van der Waals surface area contributed by atoms with Crippen LogP contribution in [0.5, 0.6) is 0 Å². The molecule has 3 aromatic carbocycles. The topological polar surface area (TPSA) is 64.6 Å². The third-order valence-corrected chi connectivity index (χ3v) is 6.85. The number of amides is 1. The Balaban J connectivity index is 1.25. The molecule has 3 aromatic rings. The Hall–Kier alpha value is -2.87. The van der Waals surface area contributed by atoms with Gasteiger partial charge in [0.2, 0.25) is 0 Å². The first-order valence-electron chi connectivity index (χ1n) is 11.0. The summed E-state index contributed by atoms with van der Waals surface area (Å²) in [6, 6.07) is 25.9. The SMILES string of the molecule is O=C(CC[C@@H](CI)NC(=O)OCC1c2ccccc2-c2ccccc21)OCc1ccccc1. The molecule has 33 heavy (non-hydrogen) atoms. The summed E-state index contributed by atoms with van der Waals surface area (Å²) in [7, 11) is 0. The van der Waals surface area contributed by atoms with Gasteiger partial charge in [0.25, 0.3) is 0 Å². The lowest BCUT2D eigenvalue weighted by Gasteiger charge is -2.18. The summed E-state index contributed by atoms with van der Waals surface area (Å²) in [4.78, 5) is 24.6. The van der Waals surface area contributed by atoms with E-state index in [1.165, 1.54) is 22.3 Å². The number of nitrogens with one attached hydrogen (secondary N) is 1. The predicted molar refractivity (Wildman–Crippen MR) is 136 cm³/mol. The van der Waals surface area contributed by atoms with Crippen LogP contribution in [-0.2, 0) is 20.9 Å². The van der Waals surface area contributed by atoms with E-state index in [1.807, 2.05) is 54.6 Å². The van der Waals surface area contributed by atoms with E-state index in [1.54, 1.807) is 0 Å². The Kier molecular flexibility index (Phi) is 7.99. The lowest BCUT2D eigenvalue weighted by atomic mass is 9.98. The maximum absolute atomic E-state index is 12.5. The molecule has 1 aliphatic rings. The Morgan fingerprint density at radius 2 is 1.45 bits per heavy atom. The summed E-state index contributed by atoms with van der Waals surface area (Å²) in [5, 5.41) is 2.89. The van der Waals surface area contributed by atoms with Gasteiger partial charge in [-0.25, -0.2) is 4.79 Å². The molecular formula is C27H26INO4. The van der Waals surface area contributed by atoms with Crippen LogP contribution in [0.15, 0.2) is 78.9 Å². The Morgan fingerprint density at radius 3 is 2.09 bits per heavy atom. The van der Waals surface area contributed by atoms with Crippen molar-refractivity contribution in [3.8, 4) is 11.1 Å². The fourth-order valence-electron chi connectivity index (χ4n) is 4.10. The van der Waals surface area contributed by atoms with Crippen LogP contribution in [0.2, 0.25) is 0 Å². The maximum Gasteiger partial charge on any atom is 0.407 e. The van der Waals surface area contributed by atoms with Gasteiger partial charge in [0.05, 0.1) is 0 Å². The fraction of sp³-hybridized carbons (Fsp3) is 0.259. The van der Waals surface area contributed by atoms with E-state index in [0.29, 0.717) is 10.8 Å². The Bertz CT molecular complexity index is 1060. The zero-order chi connectivity index (χ0) is 23.0. The summed E-state index contributed by atoms with van der Waals surface area (Å²) in [5.41, 5.74) is 5.70. The van der Waals surface area contributed by atoms with Gasteiger partial charge in [0.15, 0.2) is 0 Å². The van der Waals surface area contributed by atoms with Crippen LogP contribution >= 0.6 is 22.6 Å². The molecule has 0 radical (unpaired) electrons. The van der Waals surface area contributed by atoms with Gasteiger partial charge in [-0.05, 0) is 34.2 Å². The van der Waals surface area contributed by atoms with Crippen LogP contribution < -0.4 is 5.32 Å². The molecule has 0 fully saturated rings. The highest BCUT2D eigenvalue weighted by molar-refractivity contribution is 14.1. The van der Waals surface area contributed by atoms with Gasteiger partial charge in [0, 0.05) is 22.8 Å². The highest BCUT2D eigenvalue weighted by atomic mass is 127. The van der Waals surface area contributed by atoms with E-state index in [-0.39, 0.29) is 37.6 Å². The van der Waals surface area contributed by atoms with E-state index in [0.717, 1.165) is 5.56 Å². The van der Waals surface area contributed by atoms with Crippen molar-refractivity contribution in [3.63, 3.8) is 0 Å². The molecule has 170 valence electrons. The van der Waals surface area contributed by atoms with Crippen molar-refractivity contribution < 1.29 is 19.1 Å². The average molecular weight is 555 g/mol. The second-order valence-electron chi connectivity index (χ2n) is 8.01. The summed E-state index contributed by atoms with van der Waals surface area (Å²) in [5.74, 6) is -0.253. The second kappa shape index (κ2) is 11.3.